The first-order valence-corrected chi connectivity index (χ1v) is 14.2. The summed E-state index contributed by atoms with van der Waals surface area (Å²) in [6.07, 6.45) is 11.2. The SMILES string of the molecule is Cc1ccc(-c2cccc3[nH]c(-c4n[nH]c5ncc(-c6cncc(CNCC7CCCC7)c6)cc45)cc23)s1. The van der Waals surface area contributed by atoms with Gasteiger partial charge in [0.1, 0.15) is 5.69 Å². The number of nitrogens with one attached hydrogen (secondary N) is 3. The number of fused-ring (bicyclic) bond motifs is 2. The van der Waals surface area contributed by atoms with Crippen molar-refractivity contribution in [3.05, 3.63) is 77.6 Å². The standard InChI is InChI=1S/C31H30N6S/c1-19-9-10-29(38-19)24-7-4-8-27-25(24)13-28(35-27)30-26-12-23(18-34-31(26)37-36-30)22-11-21(16-33-17-22)15-32-14-20-5-2-3-6-20/h4,7-13,16-18,20,32,35H,2-3,5-6,14-15H2,1H3,(H,34,36,37). The summed E-state index contributed by atoms with van der Waals surface area (Å²) in [5.41, 5.74) is 8.28. The fraction of sp³-hybridized carbons (Fsp3) is 0.258. The first kappa shape index (κ1) is 23.3. The molecule has 1 aromatic carbocycles. The Labute approximate surface area is 225 Å². The number of H-pyrrole nitrogens is 2. The summed E-state index contributed by atoms with van der Waals surface area (Å²) in [5, 5.41) is 13.6. The molecule has 1 saturated carbocycles. The number of hydrogen-bond donors (Lipinski definition) is 3. The minimum absolute atomic E-state index is 0.777. The van der Waals surface area contributed by atoms with Crippen LogP contribution in [0.3, 0.4) is 0 Å². The van der Waals surface area contributed by atoms with Gasteiger partial charge in [-0.1, -0.05) is 25.0 Å². The highest BCUT2D eigenvalue weighted by Crippen LogP contribution is 2.37. The first-order chi connectivity index (χ1) is 18.7. The van der Waals surface area contributed by atoms with E-state index in [0.717, 1.165) is 58.1 Å². The average molecular weight is 519 g/mol. The fourth-order valence-electron chi connectivity index (χ4n) is 5.72. The number of aromatic nitrogens is 5. The highest BCUT2D eigenvalue weighted by Gasteiger charge is 2.16. The van der Waals surface area contributed by atoms with Gasteiger partial charge in [-0.25, -0.2) is 4.98 Å². The highest BCUT2D eigenvalue weighted by molar-refractivity contribution is 7.15. The van der Waals surface area contributed by atoms with Crippen molar-refractivity contribution in [3.8, 4) is 33.0 Å². The van der Waals surface area contributed by atoms with Gasteiger partial charge >= 0.3 is 0 Å². The van der Waals surface area contributed by atoms with Crippen LogP contribution in [0.25, 0.3) is 54.9 Å². The summed E-state index contributed by atoms with van der Waals surface area (Å²) in [5.74, 6) is 0.826. The lowest BCUT2D eigenvalue weighted by Gasteiger charge is -2.11. The number of pyridine rings is 2. The minimum atomic E-state index is 0.777. The fourth-order valence-corrected chi connectivity index (χ4v) is 6.63. The summed E-state index contributed by atoms with van der Waals surface area (Å²) in [6, 6.07) is 17.4. The van der Waals surface area contributed by atoms with E-state index in [4.69, 9.17) is 4.98 Å². The van der Waals surface area contributed by atoms with E-state index in [1.54, 1.807) is 0 Å². The van der Waals surface area contributed by atoms with Gasteiger partial charge in [-0.15, -0.1) is 11.3 Å². The summed E-state index contributed by atoms with van der Waals surface area (Å²) in [4.78, 5) is 15.4. The molecule has 0 spiro atoms. The number of nitrogens with zero attached hydrogens (tertiary/aromatic N) is 3. The van der Waals surface area contributed by atoms with Gasteiger partial charge in [0.15, 0.2) is 5.65 Å². The third kappa shape index (κ3) is 4.42. The van der Waals surface area contributed by atoms with E-state index in [2.05, 4.69) is 80.9 Å². The molecule has 1 aliphatic rings. The van der Waals surface area contributed by atoms with E-state index in [1.165, 1.54) is 52.0 Å². The van der Waals surface area contributed by atoms with Crippen LogP contribution >= 0.6 is 11.3 Å². The minimum Gasteiger partial charge on any atom is -0.353 e. The van der Waals surface area contributed by atoms with Gasteiger partial charge in [0, 0.05) is 67.9 Å². The largest absolute Gasteiger partial charge is 0.353 e. The normalized spacial score (nSPS) is 14.2. The summed E-state index contributed by atoms with van der Waals surface area (Å²) >= 11 is 1.82. The van der Waals surface area contributed by atoms with Crippen molar-refractivity contribution in [2.75, 3.05) is 6.54 Å². The van der Waals surface area contributed by atoms with E-state index >= 15 is 0 Å². The summed E-state index contributed by atoms with van der Waals surface area (Å²) in [7, 11) is 0. The Hall–Kier alpha value is -3.81. The van der Waals surface area contributed by atoms with Crippen molar-refractivity contribution < 1.29 is 0 Å². The number of benzene rings is 1. The van der Waals surface area contributed by atoms with Gasteiger partial charge in [0.2, 0.25) is 0 Å². The molecule has 3 N–H and O–H groups in total. The van der Waals surface area contributed by atoms with Crippen LogP contribution in [0.4, 0.5) is 0 Å². The molecule has 6 aromatic rings. The molecule has 190 valence electrons. The zero-order valence-electron chi connectivity index (χ0n) is 21.4. The number of rotatable bonds is 7. The zero-order chi connectivity index (χ0) is 25.5. The van der Waals surface area contributed by atoms with Crippen molar-refractivity contribution in [2.24, 2.45) is 5.92 Å². The predicted molar refractivity (Wildman–Crippen MR) is 156 cm³/mol. The van der Waals surface area contributed by atoms with Gasteiger partial charge < -0.3 is 10.3 Å². The van der Waals surface area contributed by atoms with E-state index < -0.39 is 0 Å². The first-order valence-electron chi connectivity index (χ1n) is 13.4. The molecule has 0 saturated heterocycles. The van der Waals surface area contributed by atoms with Gasteiger partial charge in [-0.05, 0) is 74.2 Å². The van der Waals surface area contributed by atoms with Gasteiger partial charge in [0.05, 0.1) is 5.69 Å². The maximum atomic E-state index is 4.70. The Bertz CT molecular complexity index is 1740. The quantitative estimate of drug-likeness (QED) is 0.205. The lowest BCUT2D eigenvalue weighted by molar-refractivity contribution is 0.489. The smallest absolute Gasteiger partial charge is 0.155 e. The third-order valence-electron chi connectivity index (χ3n) is 7.71. The molecule has 0 bridgehead atoms. The van der Waals surface area contributed by atoms with Crippen molar-refractivity contribution in [1.29, 1.82) is 0 Å². The second kappa shape index (κ2) is 9.82. The maximum Gasteiger partial charge on any atom is 0.155 e. The zero-order valence-corrected chi connectivity index (χ0v) is 22.2. The van der Waals surface area contributed by atoms with Crippen molar-refractivity contribution >= 4 is 33.3 Å². The number of aromatic amines is 2. The second-order valence-electron chi connectivity index (χ2n) is 10.4. The molecule has 0 aliphatic heterocycles. The molecule has 7 rings (SSSR count). The Kier molecular flexibility index (Phi) is 6.02. The van der Waals surface area contributed by atoms with Crippen LogP contribution in [0.15, 0.2) is 67.1 Å². The third-order valence-corrected chi connectivity index (χ3v) is 8.74. The molecule has 1 aliphatic carbocycles. The number of hydrogen-bond acceptors (Lipinski definition) is 5. The molecule has 1 fully saturated rings. The lowest BCUT2D eigenvalue weighted by atomic mass is 10.0. The molecule has 0 atom stereocenters. The van der Waals surface area contributed by atoms with Gasteiger partial charge in [0.25, 0.3) is 0 Å². The van der Waals surface area contributed by atoms with Crippen molar-refractivity contribution in [3.63, 3.8) is 0 Å². The average Bonchev–Trinajstić information content (AvgIpc) is 3.74. The Morgan fingerprint density at radius 3 is 2.74 bits per heavy atom. The summed E-state index contributed by atoms with van der Waals surface area (Å²) in [6.45, 7) is 4.08. The molecule has 7 heteroatoms. The Balaban J connectivity index is 1.20. The molecular formula is C31H30N6S. The van der Waals surface area contributed by atoms with E-state index in [0.29, 0.717) is 0 Å². The predicted octanol–water partition coefficient (Wildman–Crippen LogP) is 7.48. The molecule has 0 amide bonds. The molecule has 38 heavy (non-hydrogen) atoms. The number of aryl methyl sites for hydroxylation is 1. The maximum absolute atomic E-state index is 4.70. The van der Waals surface area contributed by atoms with Crippen LogP contribution in [-0.4, -0.2) is 31.7 Å². The van der Waals surface area contributed by atoms with Crippen LogP contribution in [-0.2, 0) is 6.54 Å². The second-order valence-corrected chi connectivity index (χ2v) is 11.7. The topological polar surface area (TPSA) is 82.3 Å². The van der Waals surface area contributed by atoms with Crippen LogP contribution < -0.4 is 5.32 Å². The van der Waals surface area contributed by atoms with Crippen LogP contribution in [0.2, 0.25) is 0 Å². The van der Waals surface area contributed by atoms with E-state index in [-0.39, 0.29) is 0 Å². The summed E-state index contributed by atoms with van der Waals surface area (Å²) < 4.78 is 0. The molecule has 6 nitrogen and oxygen atoms in total. The lowest BCUT2D eigenvalue weighted by Crippen LogP contribution is -2.20. The molecule has 5 aromatic heterocycles. The number of thiophene rings is 1. The molecule has 0 radical (unpaired) electrons. The van der Waals surface area contributed by atoms with Gasteiger partial charge in [-0.2, -0.15) is 5.10 Å². The van der Waals surface area contributed by atoms with Crippen molar-refractivity contribution in [1.82, 2.24) is 30.5 Å². The molecule has 5 heterocycles. The van der Waals surface area contributed by atoms with E-state index in [9.17, 15) is 0 Å². The highest BCUT2D eigenvalue weighted by atomic mass is 32.1. The van der Waals surface area contributed by atoms with Crippen LogP contribution in [0, 0.1) is 12.8 Å². The monoisotopic (exact) mass is 518 g/mol. The van der Waals surface area contributed by atoms with Crippen LogP contribution in [0.1, 0.15) is 36.1 Å². The van der Waals surface area contributed by atoms with Crippen molar-refractivity contribution in [2.45, 2.75) is 39.2 Å². The Morgan fingerprint density at radius 2 is 1.87 bits per heavy atom. The molecular weight excluding hydrogens is 488 g/mol. The van der Waals surface area contributed by atoms with Crippen LogP contribution in [0.5, 0.6) is 0 Å². The molecule has 0 unspecified atom stereocenters. The van der Waals surface area contributed by atoms with E-state index in [1.807, 2.05) is 29.9 Å². The Morgan fingerprint density at radius 1 is 0.974 bits per heavy atom. The van der Waals surface area contributed by atoms with Gasteiger partial charge in [-0.3, -0.25) is 10.1 Å².